The normalized spacial score (nSPS) is 17.1. The summed E-state index contributed by atoms with van der Waals surface area (Å²) < 4.78 is 18.0. The lowest BCUT2D eigenvalue weighted by Gasteiger charge is -2.35. The number of hydrogen-bond donors (Lipinski definition) is 0. The number of aromatic nitrogens is 1. The Morgan fingerprint density at radius 1 is 1.14 bits per heavy atom. The summed E-state index contributed by atoms with van der Waals surface area (Å²) in [5.41, 5.74) is 2.02. The minimum atomic E-state index is -0.360. The molecule has 3 aromatic rings. The molecule has 2 aliphatic rings. The molecule has 0 N–H and O–H groups in total. The Bertz CT molecular complexity index is 1320. The van der Waals surface area contributed by atoms with Crippen LogP contribution in [0.5, 0.6) is 11.5 Å². The number of piperazine rings is 1. The van der Waals surface area contributed by atoms with Crippen molar-refractivity contribution in [2.45, 2.75) is 46.1 Å². The Balaban J connectivity index is 1.37. The number of rotatable bonds is 4. The molecule has 1 fully saturated rings. The molecule has 1 saturated heterocycles. The van der Waals surface area contributed by atoms with Gasteiger partial charge in [0, 0.05) is 49.6 Å². The quantitative estimate of drug-likeness (QED) is 0.531. The lowest BCUT2D eigenvalue weighted by Crippen LogP contribution is -2.50. The first-order valence-corrected chi connectivity index (χ1v) is 12.1. The molecule has 0 radical (unpaired) electrons. The van der Waals surface area contributed by atoms with Crippen molar-refractivity contribution in [2.75, 3.05) is 37.7 Å². The molecule has 8 heteroatoms. The van der Waals surface area contributed by atoms with Crippen LogP contribution < -0.4 is 20.0 Å². The molecule has 35 heavy (non-hydrogen) atoms. The fourth-order valence-corrected chi connectivity index (χ4v) is 4.80. The van der Waals surface area contributed by atoms with Crippen LogP contribution in [-0.2, 0) is 11.2 Å². The van der Waals surface area contributed by atoms with Crippen LogP contribution in [0.25, 0.3) is 11.0 Å². The van der Waals surface area contributed by atoms with Crippen LogP contribution in [-0.4, -0.2) is 54.2 Å². The van der Waals surface area contributed by atoms with Gasteiger partial charge in [-0.1, -0.05) is 6.07 Å². The predicted octanol–water partition coefficient (Wildman–Crippen LogP) is 3.64. The van der Waals surface area contributed by atoms with Crippen LogP contribution >= 0.6 is 0 Å². The zero-order chi connectivity index (χ0) is 24.7. The number of nitrogens with zero attached hydrogens (tertiary/aromatic N) is 3. The van der Waals surface area contributed by atoms with Crippen LogP contribution in [0.15, 0.2) is 39.7 Å². The zero-order valence-electron chi connectivity index (χ0n) is 20.7. The Morgan fingerprint density at radius 2 is 1.91 bits per heavy atom. The fourth-order valence-electron chi connectivity index (χ4n) is 4.80. The molecule has 0 unspecified atom stereocenters. The van der Waals surface area contributed by atoms with Gasteiger partial charge < -0.3 is 23.7 Å². The molecule has 0 saturated carbocycles. The molecule has 1 aromatic carbocycles. The van der Waals surface area contributed by atoms with E-state index in [9.17, 15) is 9.59 Å². The average molecular weight is 478 g/mol. The maximum absolute atomic E-state index is 13.0. The van der Waals surface area contributed by atoms with Crippen molar-refractivity contribution in [3.63, 3.8) is 0 Å². The largest absolute Gasteiger partial charge is 0.487 e. The third-order valence-electron chi connectivity index (χ3n) is 7.07. The van der Waals surface area contributed by atoms with E-state index in [1.54, 1.807) is 13.1 Å². The lowest BCUT2D eigenvalue weighted by atomic mass is 9.92. The fraction of sp³-hybridized carbons (Fsp3) is 0.444. The Hall–Kier alpha value is -3.55. The van der Waals surface area contributed by atoms with Crippen LogP contribution in [0.2, 0.25) is 0 Å². The van der Waals surface area contributed by atoms with E-state index in [0.717, 1.165) is 48.3 Å². The number of benzene rings is 1. The van der Waals surface area contributed by atoms with E-state index in [4.69, 9.17) is 13.9 Å². The summed E-state index contributed by atoms with van der Waals surface area (Å²) in [6, 6.07) is 7.68. The number of fused-ring (bicyclic) bond motifs is 3. The Kier molecular flexibility index (Phi) is 5.91. The molecule has 0 bridgehead atoms. The predicted molar refractivity (Wildman–Crippen MR) is 134 cm³/mol. The molecule has 184 valence electrons. The van der Waals surface area contributed by atoms with Crippen molar-refractivity contribution in [2.24, 2.45) is 0 Å². The van der Waals surface area contributed by atoms with Gasteiger partial charge in [0.2, 0.25) is 0 Å². The van der Waals surface area contributed by atoms with Gasteiger partial charge in [-0.05, 0) is 58.2 Å². The average Bonchev–Trinajstić information content (AvgIpc) is 2.85. The highest BCUT2D eigenvalue weighted by Gasteiger charge is 2.31. The summed E-state index contributed by atoms with van der Waals surface area (Å²) >= 11 is 0. The summed E-state index contributed by atoms with van der Waals surface area (Å²) in [4.78, 5) is 33.9. The number of amides is 1. The minimum Gasteiger partial charge on any atom is -0.487 e. The summed E-state index contributed by atoms with van der Waals surface area (Å²) in [5, 5.41) is 0.733. The van der Waals surface area contributed by atoms with Gasteiger partial charge in [0.05, 0.1) is 5.39 Å². The lowest BCUT2D eigenvalue weighted by molar-refractivity contribution is -0.133. The van der Waals surface area contributed by atoms with Crippen molar-refractivity contribution in [1.82, 2.24) is 9.88 Å². The molecule has 0 spiro atoms. The first-order chi connectivity index (χ1) is 16.7. The second-order valence-corrected chi connectivity index (χ2v) is 9.90. The highest BCUT2D eigenvalue weighted by atomic mass is 16.5. The standard InChI is InChI=1S/C27H31N3O5/c1-17-18(2)26(32)34-25-19-8-9-27(3,4)35-20(19)15-21(24(17)25)33-16-23(31)30-13-11-29(12-14-30)22-7-5-6-10-28-22/h5-7,10,15H,8-9,11-14,16H2,1-4H3. The van der Waals surface area contributed by atoms with E-state index in [1.807, 2.05) is 49.9 Å². The van der Waals surface area contributed by atoms with Gasteiger partial charge in [0.15, 0.2) is 6.61 Å². The molecular formula is C27H31N3O5. The van der Waals surface area contributed by atoms with Gasteiger partial charge in [-0.2, -0.15) is 0 Å². The number of carbonyl (C=O) groups excluding carboxylic acids is 1. The third kappa shape index (κ3) is 4.45. The Labute approximate surface area is 204 Å². The molecule has 2 aliphatic heterocycles. The van der Waals surface area contributed by atoms with Gasteiger partial charge in [-0.25, -0.2) is 9.78 Å². The van der Waals surface area contributed by atoms with Crippen LogP contribution in [0, 0.1) is 13.8 Å². The summed E-state index contributed by atoms with van der Waals surface area (Å²) in [7, 11) is 0. The van der Waals surface area contributed by atoms with Crippen molar-refractivity contribution >= 4 is 22.7 Å². The number of carbonyl (C=O) groups is 1. The van der Waals surface area contributed by atoms with Crippen molar-refractivity contribution in [3.05, 3.63) is 57.6 Å². The second-order valence-electron chi connectivity index (χ2n) is 9.90. The maximum atomic E-state index is 13.0. The highest BCUT2D eigenvalue weighted by molar-refractivity contribution is 5.92. The summed E-state index contributed by atoms with van der Waals surface area (Å²) in [6.07, 6.45) is 3.33. The molecular weight excluding hydrogens is 446 g/mol. The molecule has 8 nitrogen and oxygen atoms in total. The first-order valence-electron chi connectivity index (χ1n) is 12.1. The smallest absolute Gasteiger partial charge is 0.339 e. The second kappa shape index (κ2) is 8.91. The van der Waals surface area contributed by atoms with Crippen LogP contribution in [0.1, 0.15) is 37.0 Å². The monoisotopic (exact) mass is 477 g/mol. The number of anilines is 1. The SMILES string of the molecule is Cc1c(C)c2c(OCC(=O)N3CCN(c4ccccn4)CC3)cc3c(c2oc1=O)CCC(C)(C)O3. The third-order valence-corrected chi connectivity index (χ3v) is 7.07. The highest BCUT2D eigenvalue weighted by Crippen LogP contribution is 2.43. The van der Waals surface area contributed by atoms with E-state index in [2.05, 4.69) is 9.88 Å². The molecule has 5 rings (SSSR count). The molecule has 4 heterocycles. The van der Waals surface area contributed by atoms with E-state index in [-0.39, 0.29) is 23.7 Å². The summed E-state index contributed by atoms with van der Waals surface area (Å²) in [6.45, 7) is 10.3. The van der Waals surface area contributed by atoms with Gasteiger partial charge in [0.25, 0.3) is 5.91 Å². The van der Waals surface area contributed by atoms with E-state index in [1.165, 1.54) is 0 Å². The van der Waals surface area contributed by atoms with Gasteiger partial charge in [0.1, 0.15) is 28.5 Å². The van der Waals surface area contributed by atoms with Crippen LogP contribution in [0.3, 0.4) is 0 Å². The maximum Gasteiger partial charge on any atom is 0.339 e. The number of hydrogen-bond acceptors (Lipinski definition) is 7. The first kappa shape index (κ1) is 23.2. The van der Waals surface area contributed by atoms with Crippen LogP contribution in [0.4, 0.5) is 5.82 Å². The Morgan fingerprint density at radius 3 is 2.63 bits per heavy atom. The minimum absolute atomic E-state index is 0.0791. The van der Waals surface area contributed by atoms with Crippen molar-refractivity contribution < 1.29 is 18.7 Å². The molecule has 0 atom stereocenters. The molecule has 1 amide bonds. The topological polar surface area (TPSA) is 85.1 Å². The van der Waals surface area contributed by atoms with Gasteiger partial charge in [-0.3, -0.25) is 4.79 Å². The molecule has 0 aliphatic carbocycles. The number of aryl methyl sites for hydroxylation is 2. The summed E-state index contributed by atoms with van der Waals surface area (Å²) in [5.74, 6) is 1.99. The zero-order valence-corrected chi connectivity index (χ0v) is 20.7. The van der Waals surface area contributed by atoms with Crippen molar-refractivity contribution in [3.8, 4) is 11.5 Å². The van der Waals surface area contributed by atoms with Gasteiger partial charge in [-0.15, -0.1) is 0 Å². The number of ether oxygens (including phenoxy) is 2. The number of pyridine rings is 1. The van der Waals surface area contributed by atoms with E-state index < -0.39 is 0 Å². The molecule has 2 aromatic heterocycles. The van der Waals surface area contributed by atoms with Crippen molar-refractivity contribution in [1.29, 1.82) is 0 Å². The van der Waals surface area contributed by atoms with E-state index >= 15 is 0 Å². The van der Waals surface area contributed by atoms with Gasteiger partial charge >= 0.3 is 5.63 Å². The van der Waals surface area contributed by atoms with E-state index in [0.29, 0.717) is 35.7 Å².